The van der Waals surface area contributed by atoms with Crippen molar-refractivity contribution >= 4 is 22.6 Å². The van der Waals surface area contributed by atoms with E-state index in [1.165, 1.54) is 0 Å². The lowest BCUT2D eigenvalue weighted by molar-refractivity contribution is -0.116. The van der Waals surface area contributed by atoms with Crippen LogP contribution in [-0.4, -0.2) is 24.4 Å². The molecule has 0 bridgehead atoms. The number of fused-ring (bicyclic) bond motifs is 1. The quantitative estimate of drug-likeness (QED) is 0.812. The summed E-state index contributed by atoms with van der Waals surface area (Å²) >= 11 is 0. The molecule has 0 saturated heterocycles. The summed E-state index contributed by atoms with van der Waals surface area (Å²) in [6, 6.07) is 5.88. The number of rotatable bonds is 4. The molecule has 0 aliphatic carbocycles. The van der Waals surface area contributed by atoms with Gasteiger partial charge in [-0.1, -0.05) is 0 Å². The normalized spacial score (nSPS) is 10.8. The zero-order valence-corrected chi connectivity index (χ0v) is 10.4. The molecule has 0 amide bonds. The van der Waals surface area contributed by atoms with Crippen LogP contribution in [0.4, 0.5) is 5.69 Å². The van der Waals surface area contributed by atoms with Gasteiger partial charge in [0.1, 0.15) is 11.3 Å². The smallest absolute Gasteiger partial charge is 0.192 e. The molecule has 0 unspecified atom stereocenters. The van der Waals surface area contributed by atoms with Gasteiger partial charge in [0, 0.05) is 38.7 Å². The minimum atomic E-state index is 0.202. The summed E-state index contributed by atoms with van der Waals surface area (Å²) < 4.78 is 5.48. The first-order valence-electron chi connectivity index (χ1n) is 5.64. The molecule has 1 aromatic heterocycles. The number of oxazole rings is 1. The average molecular weight is 232 g/mol. The van der Waals surface area contributed by atoms with Crippen LogP contribution in [0.3, 0.4) is 0 Å². The number of aromatic nitrogens is 1. The van der Waals surface area contributed by atoms with Gasteiger partial charge in [-0.2, -0.15) is 0 Å². The summed E-state index contributed by atoms with van der Waals surface area (Å²) in [5.74, 6) is 0.872. The van der Waals surface area contributed by atoms with Crippen LogP contribution in [-0.2, 0) is 4.79 Å². The maximum atomic E-state index is 10.9. The second kappa shape index (κ2) is 4.57. The summed E-state index contributed by atoms with van der Waals surface area (Å²) in [6.07, 6.45) is 0.559. The third kappa shape index (κ3) is 2.64. The van der Waals surface area contributed by atoms with E-state index < -0.39 is 0 Å². The number of carbonyl (C=O) groups excluding carboxylic acids is 1. The highest BCUT2D eigenvalue weighted by molar-refractivity contribution is 5.78. The van der Waals surface area contributed by atoms with Crippen LogP contribution in [0.5, 0.6) is 0 Å². The lowest BCUT2D eigenvalue weighted by Gasteiger charge is -2.18. The topological polar surface area (TPSA) is 46.3 Å². The van der Waals surface area contributed by atoms with Gasteiger partial charge in [0.15, 0.2) is 11.5 Å². The number of aryl methyl sites for hydroxylation is 1. The van der Waals surface area contributed by atoms with Crippen LogP contribution in [0, 0.1) is 6.92 Å². The van der Waals surface area contributed by atoms with E-state index in [1.807, 2.05) is 37.1 Å². The molecule has 17 heavy (non-hydrogen) atoms. The third-order valence-electron chi connectivity index (χ3n) is 2.72. The first-order chi connectivity index (χ1) is 8.06. The number of ketones is 1. The molecule has 1 heterocycles. The van der Waals surface area contributed by atoms with Gasteiger partial charge in [0.05, 0.1) is 0 Å². The van der Waals surface area contributed by atoms with E-state index in [0.717, 1.165) is 16.8 Å². The van der Waals surface area contributed by atoms with Crippen LogP contribution in [0.25, 0.3) is 11.1 Å². The average Bonchev–Trinajstić information content (AvgIpc) is 2.64. The van der Waals surface area contributed by atoms with E-state index in [1.54, 1.807) is 6.92 Å². The Bertz CT molecular complexity index is 545. The molecule has 90 valence electrons. The number of anilines is 1. The summed E-state index contributed by atoms with van der Waals surface area (Å²) in [5, 5.41) is 0. The van der Waals surface area contributed by atoms with E-state index in [0.29, 0.717) is 18.9 Å². The van der Waals surface area contributed by atoms with Crippen LogP contribution >= 0.6 is 0 Å². The van der Waals surface area contributed by atoms with Crippen LogP contribution < -0.4 is 4.90 Å². The monoisotopic (exact) mass is 232 g/mol. The van der Waals surface area contributed by atoms with E-state index in [4.69, 9.17) is 4.42 Å². The van der Waals surface area contributed by atoms with Gasteiger partial charge in [-0.25, -0.2) is 4.98 Å². The highest BCUT2D eigenvalue weighted by Gasteiger charge is 2.06. The Morgan fingerprint density at radius 1 is 1.47 bits per heavy atom. The van der Waals surface area contributed by atoms with E-state index in [2.05, 4.69) is 4.98 Å². The molecule has 1 aromatic carbocycles. The van der Waals surface area contributed by atoms with Crippen LogP contribution in [0.1, 0.15) is 19.2 Å². The Hall–Kier alpha value is -1.84. The van der Waals surface area contributed by atoms with E-state index in [-0.39, 0.29) is 5.78 Å². The van der Waals surface area contributed by atoms with Crippen molar-refractivity contribution in [3.8, 4) is 0 Å². The van der Waals surface area contributed by atoms with Crippen molar-refractivity contribution in [2.24, 2.45) is 0 Å². The fourth-order valence-corrected chi connectivity index (χ4v) is 1.72. The largest absolute Gasteiger partial charge is 0.441 e. The molecule has 0 fully saturated rings. The fourth-order valence-electron chi connectivity index (χ4n) is 1.72. The molecule has 0 saturated carbocycles. The number of nitrogens with zero attached hydrogens (tertiary/aromatic N) is 2. The molecule has 0 atom stereocenters. The van der Waals surface area contributed by atoms with Gasteiger partial charge in [-0.05, 0) is 19.1 Å². The predicted molar refractivity (Wildman–Crippen MR) is 67.3 cm³/mol. The number of hydrogen-bond donors (Lipinski definition) is 0. The maximum Gasteiger partial charge on any atom is 0.192 e. The van der Waals surface area contributed by atoms with Crippen molar-refractivity contribution in [2.45, 2.75) is 20.3 Å². The van der Waals surface area contributed by atoms with Crippen molar-refractivity contribution in [3.05, 3.63) is 24.1 Å². The van der Waals surface area contributed by atoms with Gasteiger partial charge in [-0.15, -0.1) is 0 Å². The Balaban J connectivity index is 2.20. The van der Waals surface area contributed by atoms with Gasteiger partial charge < -0.3 is 9.32 Å². The van der Waals surface area contributed by atoms with Gasteiger partial charge in [0.2, 0.25) is 0 Å². The fraction of sp³-hybridized carbons (Fsp3) is 0.385. The Kier molecular flexibility index (Phi) is 3.13. The molecule has 4 nitrogen and oxygen atoms in total. The third-order valence-corrected chi connectivity index (χ3v) is 2.72. The maximum absolute atomic E-state index is 10.9. The molecule has 0 radical (unpaired) electrons. The van der Waals surface area contributed by atoms with Crippen molar-refractivity contribution < 1.29 is 9.21 Å². The molecule has 0 aliphatic rings. The minimum Gasteiger partial charge on any atom is -0.441 e. The molecule has 2 aromatic rings. The van der Waals surface area contributed by atoms with Gasteiger partial charge >= 0.3 is 0 Å². The lowest BCUT2D eigenvalue weighted by Crippen LogP contribution is -2.20. The van der Waals surface area contributed by atoms with E-state index in [9.17, 15) is 4.79 Å². The summed E-state index contributed by atoms with van der Waals surface area (Å²) in [5.41, 5.74) is 2.69. The van der Waals surface area contributed by atoms with Crippen molar-refractivity contribution in [3.63, 3.8) is 0 Å². The number of Topliss-reactive ketones (excluding diaryl/α,β-unsaturated/α-hetero) is 1. The first kappa shape index (κ1) is 11.6. The number of benzene rings is 1. The molecule has 4 heteroatoms. The zero-order chi connectivity index (χ0) is 12.4. The molecular formula is C13H16N2O2. The molecule has 0 N–H and O–H groups in total. The SMILES string of the molecule is CC(=O)CCN(C)c1ccc2nc(C)oc2c1. The minimum absolute atomic E-state index is 0.202. The van der Waals surface area contributed by atoms with Crippen molar-refractivity contribution in [1.29, 1.82) is 0 Å². The molecule has 0 spiro atoms. The zero-order valence-electron chi connectivity index (χ0n) is 10.4. The van der Waals surface area contributed by atoms with Crippen molar-refractivity contribution in [1.82, 2.24) is 4.98 Å². The number of hydrogen-bond acceptors (Lipinski definition) is 4. The van der Waals surface area contributed by atoms with E-state index >= 15 is 0 Å². The second-order valence-electron chi connectivity index (χ2n) is 4.26. The summed E-state index contributed by atoms with van der Waals surface area (Å²) in [6.45, 7) is 4.16. The van der Waals surface area contributed by atoms with Crippen LogP contribution in [0.15, 0.2) is 22.6 Å². The Morgan fingerprint density at radius 3 is 2.94 bits per heavy atom. The number of carbonyl (C=O) groups is 1. The lowest BCUT2D eigenvalue weighted by atomic mass is 10.2. The first-order valence-corrected chi connectivity index (χ1v) is 5.64. The van der Waals surface area contributed by atoms with Crippen LogP contribution in [0.2, 0.25) is 0 Å². The highest BCUT2D eigenvalue weighted by Crippen LogP contribution is 2.22. The highest BCUT2D eigenvalue weighted by atomic mass is 16.3. The summed E-state index contributed by atoms with van der Waals surface area (Å²) in [7, 11) is 1.97. The Morgan fingerprint density at radius 2 is 2.24 bits per heavy atom. The molecule has 2 rings (SSSR count). The van der Waals surface area contributed by atoms with Gasteiger partial charge in [-0.3, -0.25) is 4.79 Å². The second-order valence-corrected chi connectivity index (χ2v) is 4.26. The molecular weight excluding hydrogens is 216 g/mol. The van der Waals surface area contributed by atoms with Gasteiger partial charge in [0.25, 0.3) is 0 Å². The Labute approximate surface area is 100 Å². The predicted octanol–water partition coefficient (Wildman–Crippen LogP) is 2.55. The molecule has 0 aliphatic heterocycles. The standard InChI is InChI=1S/C13H16N2O2/c1-9(16)6-7-15(3)11-4-5-12-13(8-11)17-10(2)14-12/h4-5,8H,6-7H2,1-3H3. The van der Waals surface area contributed by atoms with Crippen molar-refractivity contribution in [2.75, 3.05) is 18.5 Å². The summed E-state index contributed by atoms with van der Waals surface area (Å²) in [4.78, 5) is 17.2.